The average molecular weight is 1110 g/mol. The second kappa shape index (κ2) is 58.3. The molecule has 2 atom stereocenters. The van der Waals surface area contributed by atoms with Crippen molar-refractivity contribution in [1.29, 1.82) is 0 Å². The summed E-state index contributed by atoms with van der Waals surface area (Å²) >= 11 is 0. The van der Waals surface area contributed by atoms with Crippen LogP contribution in [0.25, 0.3) is 0 Å². The van der Waals surface area contributed by atoms with Crippen LogP contribution < -0.4 is 0 Å². The van der Waals surface area contributed by atoms with Crippen LogP contribution >= 0.6 is 7.82 Å². The maximum atomic E-state index is 12.8. The van der Waals surface area contributed by atoms with Crippen LogP contribution in [0.3, 0.4) is 0 Å². The molecule has 2 unspecified atom stereocenters. The zero-order chi connectivity index (χ0) is 57.0. The molecular formula is C68H119NO8P+. The molecule has 78 heavy (non-hydrogen) atoms. The normalized spacial score (nSPS) is 14.0. The summed E-state index contributed by atoms with van der Waals surface area (Å²) in [4.78, 5) is 35.7. The number of phosphoric ester groups is 1. The highest BCUT2D eigenvalue weighted by molar-refractivity contribution is 7.47. The van der Waals surface area contributed by atoms with Gasteiger partial charge in [0.2, 0.25) is 0 Å². The number of quaternary nitrogens is 1. The smallest absolute Gasteiger partial charge is 0.462 e. The number of hydrogen-bond donors (Lipinski definition) is 1. The van der Waals surface area contributed by atoms with Crippen LogP contribution in [0.1, 0.15) is 258 Å². The van der Waals surface area contributed by atoms with Gasteiger partial charge in [0, 0.05) is 12.8 Å². The van der Waals surface area contributed by atoms with Gasteiger partial charge < -0.3 is 18.9 Å². The quantitative estimate of drug-likeness (QED) is 0.0211. The highest BCUT2D eigenvalue weighted by Gasteiger charge is 2.27. The molecule has 1 N–H and O–H groups in total. The van der Waals surface area contributed by atoms with E-state index in [9.17, 15) is 19.0 Å². The van der Waals surface area contributed by atoms with Crippen molar-refractivity contribution in [3.63, 3.8) is 0 Å². The van der Waals surface area contributed by atoms with Crippen molar-refractivity contribution in [2.24, 2.45) is 0 Å². The molecule has 0 spiro atoms. The summed E-state index contributed by atoms with van der Waals surface area (Å²) in [7, 11) is 1.47. The number of carbonyl (C=O) groups excluding carboxylic acids is 2. The number of esters is 2. The molecule has 0 aliphatic rings. The molecule has 0 saturated carbocycles. The molecule has 0 rings (SSSR count). The van der Waals surface area contributed by atoms with Gasteiger partial charge in [-0.05, 0) is 103 Å². The number of rotatable bonds is 57. The van der Waals surface area contributed by atoms with Gasteiger partial charge in [-0.15, -0.1) is 0 Å². The lowest BCUT2D eigenvalue weighted by Gasteiger charge is -2.24. The van der Waals surface area contributed by atoms with Crippen molar-refractivity contribution in [3.05, 3.63) is 109 Å². The van der Waals surface area contributed by atoms with Crippen molar-refractivity contribution >= 4 is 19.8 Å². The van der Waals surface area contributed by atoms with Crippen molar-refractivity contribution in [2.45, 2.75) is 264 Å². The van der Waals surface area contributed by atoms with E-state index in [0.29, 0.717) is 17.4 Å². The highest BCUT2D eigenvalue weighted by atomic mass is 31.2. The predicted molar refractivity (Wildman–Crippen MR) is 335 cm³/mol. The zero-order valence-electron chi connectivity index (χ0n) is 50.9. The lowest BCUT2D eigenvalue weighted by Crippen LogP contribution is -2.37. The first-order valence-electron chi connectivity index (χ1n) is 31.6. The van der Waals surface area contributed by atoms with Crippen LogP contribution in [-0.2, 0) is 32.7 Å². The molecule has 0 aliphatic carbocycles. The van der Waals surface area contributed by atoms with Crippen LogP contribution in [-0.4, -0.2) is 74.9 Å². The van der Waals surface area contributed by atoms with Gasteiger partial charge in [-0.3, -0.25) is 18.6 Å². The number of allylic oxidation sites excluding steroid dienone is 18. The maximum Gasteiger partial charge on any atom is 0.472 e. The molecule has 0 amide bonds. The summed E-state index contributed by atoms with van der Waals surface area (Å²) in [5, 5.41) is 0. The third-order valence-corrected chi connectivity index (χ3v) is 14.3. The maximum absolute atomic E-state index is 12.8. The Balaban J connectivity index is 4.05. The molecule has 0 aromatic heterocycles. The molecule has 10 heteroatoms. The van der Waals surface area contributed by atoms with Gasteiger partial charge in [0.1, 0.15) is 19.8 Å². The van der Waals surface area contributed by atoms with Gasteiger partial charge in [0.05, 0.1) is 27.7 Å². The molecular weight excluding hydrogens is 990 g/mol. The van der Waals surface area contributed by atoms with Gasteiger partial charge in [0.25, 0.3) is 0 Å². The molecule has 0 aliphatic heterocycles. The minimum Gasteiger partial charge on any atom is -0.462 e. The Morgan fingerprint density at radius 2 is 0.731 bits per heavy atom. The molecule has 448 valence electrons. The topological polar surface area (TPSA) is 108 Å². The number of likely N-dealkylation sites (N-methyl/N-ethyl adjacent to an activating group) is 1. The summed E-state index contributed by atoms with van der Waals surface area (Å²) in [5.74, 6) is -0.806. The van der Waals surface area contributed by atoms with E-state index in [4.69, 9.17) is 18.5 Å². The molecule has 9 nitrogen and oxygen atoms in total. The Labute approximate surface area is 480 Å². The first-order chi connectivity index (χ1) is 38.0. The number of unbranched alkanes of at least 4 members (excludes halogenated alkanes) is 25. The van der Waals surface area contributed by atoms with E-state index in [2.05, 4.69) is 123 Å². The van der Waals surface area contributed by atoms with Crippen LogP contribution in [0.2, 0.25) is 0 Å². The van der Waals surface area contributed by atoms with Gasteiger partial charge in [-0.25, -0.2) is 4.57 Å². The van der Waals surface area contributed by atoms with E-state index in [-0.39, 0.29) is 32.0 Å². The minimum atomic E-state index is -4.39. The predicted octanol–water partition coefficient (Wildman–Crippen LogP) is 20.2. The van der Waals surface area contributed by atoms with E-state index in [1.807, 2.05) is 21.1 Å². The number of phosphoric acid groups is 1. The monoisotopic (exact) mass is 1110 g/mol. The fraction of sp³-hybridized carbons (Fsp3) is 0.706. The van der Waals surface area contributed by atoms with Gasteiger partial charge in [-0.2, -0.15) is 0 Å². The van der Waals surface area contributed by atoms with Crippen molar-refractivity contribution in [3.8, 4) is 0 Å². The van der Waals surface area contributed by atoms with E-state index in [0.717, 1.165) is 103 Å². The number of nitrogens with zero attached hydrogens (tertiary/aromatic N) is 1. The molecule has 0 radical (unpaired) electrons. The summed E-state index contributed by atoms with van der Waals surface area (Å²) in [5.41, 5.74) is 0. The van der Waals surface area contributed by atoms with Crippen molar-refractivity contribution < 1.29 is 42.1 Å². The standard InChI is InChI=1S/C68H118NO8P/c1-6-8-10-12-14-16-18-20-22-24-25-26-27-28-29-30-31-32-33-34-35-36-37-38-39-40-41-42-43-45-47-49-51-53-55-57-59-61-68(71)77-66(65-76-78(72,73)75-63-62-69(3,4)5)64-74-67(70)60-58-56-54-52-50-48-46-44-23-21-19-17-15-13-11-9-7-2/h8,10,14-17,20-23,25-26,28-29,31-32,34-35,66H,6-7,9,11-13,18-19,24,27,30,33,36-65H2,1-5H3/p+1/b10-8-,16-14-,17-15-,22-20-,23-21-,26-25-,29-28-,32-31-,35-34-. The van der Waals surface area contributed by atoms with Crippen LogP contribution in [0, 0.1) is 0 Å². The first kappa shape index (κ1) is 74.7. The second-order valence-electron chi connectivity index (χ2n) is 22.1. The SMILES string of the molecule is CC/C=C\C/C=C\C/C=C\C/C=C\C/C=C\C/C=C\C/C=C\CCCCCCCCCCCCCCCCCC(=O)OC(COC(=O)CCCCCCCCC/C=C\C/C=C\CCCCC)COP(=O)(O)OCC[N+](C)(C)C. The zero-order valence-corrected chi connectivity index (χ0v) is 51.8. The Morgan fingerprint density at radius 1 is 0.410 bits per heavy atom. The van der Waals surface area contributed by atoms with E-state index < -0.39 is 26.5 Å². The van der Waals surface area contributed by atoms with Crippen molar-refractivity contribution in [1.82, 2.24) is 0 Å². The molecule has 0 saturated heterocycles. The van der Waals surface area contributed by atoms with Crippen LogP contribution in [0.5, 0.6) is 0 Å². The number of ether oxygens (including phenoxy) is 2. The molecule has 0 bridgehead atoms. The Morgan fingerprint density at radius 3 is 1.09 bits per heavy atom. The van der Waals surface area contributed by atoms with Crippen molar-refractivity contribution in [2.75, 3.05) is 47.5 Å². The molecule has 0 fully saturated rings. The lowest BCUT2D eigenvalue weighted by atomic mass is 10.0. The fourth-order valence-corrected chi connectivity index (χ4v) is 9.18. The molecule has 0 heterocycles. The van der Waals surface area contributed by atoms with E-state index in [1.54, 1.807) is 0 Å². The minimum absolute atomic E-state index is 0.0269. The first-order valence-corrected chi connectivity index (χ1v) is 33.1. The largest absolute Gasteiger partial charge is 0.472 e. The van der Waals surface area contributed by atoms with E-state index in [1.165, 1.54) is 122 Å². The van der Waals surface area contributed by atoms with Gasteiger partial charge >= 0.3 is 19.8 Å². The van der Waals surface area contributed by atoms with Gasteiger partial charge in [-0.1, -0.05) is 252 Å². The molecule has 0 aromatic rings. The summed E-state index contributed by atoms with van der Waals surface area (Å²) in [6.45, 7) is 4.29. The van der Waals surface area contributed by atoms with Crippen LogP contribution in [0.15, 0.2) is 109 Å². The fourth-order valence-electron chi connectivity index (χ4n) is 8.44. The summed E-state index contributed by atoms with van der Waals surface area (Å²) in [6.07, 6.45) is 81.7. The molecule has 0 aromatic carbocycles. The highest BCUT2D eigenvalue weighted by Crippen LogP contribution is 2.43. The average Bonchev–Trinajstić information content (AvgIpc) is 3.41. The Bertz CT molecular complexity index is 1680. The lowest BCUT2D eigenvalue weighted by molar-refractivity contribution is -0.870. The third-order valence-electron chi connectivity index (χ3n) is 13.3. The van der Waals surface area contributed by atoms with E-state index >= 15 is 0 Å². The van der Waals surface area contributed by atoms with Crippen LogP contribution in [0.4, 0.5) is 0 Å². The Hall–Kier alpha value is -3.33. The Kier molecular flexibility index (Phi) is 55.8. The number of hydrogen-bond acceptors (Lipinski definition) is 7. The summed E-state index contributed by atoms with van der Waals surface area (Å²) in [6, 6.07) is 0. The third kappa shape index (κ3) is 61.9. The number of carbonyl (C=O) groups is 2. The summed E-state index contributed by atoms with van der Waals surface area (Å²) < 4.78 is 34.6. The van der Waals surface area contributed by atoms with Gasteiger partial charge in [0.15, 0.2) is 6.10 Å². The second-order valence-corrected chi connectivity index (χ2v) is 23.5.